The molecule has 0 aromatic heterocycles. The highest BCUT2D eigenvalue weighted by Crippen LogP contribution is 2.33. The Morgan fingerprint density at radius 3 is 2.86 bits per heavy atom. The molecule has 1 aromatic carbocycles. The van der Waals surface area contributed by atoms with Gasteiger partial charge in [0.1, 0.15) is 5.75 Å². The topological polar surface area (TPSA) is 46.5 Å². The van der Waals surface area contributed by atoms with Crippen molar-refractivity contribution in [2.75, 3.05) is 0 Å². The van der Waals surface area contributed by atoms with E-state index in [0.29, 0.717) is 6.42 Å². The molecule has 0 fully saturated rings. The summed E-state index contributed by atoms with van der Waals surface area (Å²) in [4.78, 5) is 10.7. The Balaban J connectivity index is 2.40. The molecule has 0 radical (unpaired) electrons. The van der Waals surface area contributed by atoms with Crippen LogP contribution in [0.1, 0.15) is 16.7 Å². The number of hydrogen-bond donors (Lipinski definition) is 1. The quantitative estimate of drug-likeness (QED) is 0.736. The molecule has 0 saturated heterocycles. The number of aryl methyl sites for hydroxylation is 1. The maximum atomic E-state index is 10.7. The van der Waals surface area contributed by atoms with E-state index in [-0.39, 0.29) is 0 Å². The molecule has 0 aliphatic carbocycles. The fraction of sp³-hybridized carbons (Fsp3) is 0.364. The molecule has 1 aromatic rings. The Bertz CT molecular complexity index is 396. The van der Waals surface area contributed by atoms with Crippen LogP contribution in [-0.2, 0) is 11.2 Å². The standard InChI is InChI=1S/C11H12O3/c1-6-3-4-8-5-9(11(12)13)14-10(8)7(6)2/h3-4,9H,5H2,1-2H3,(H,12,13)/t9-/m1/s1. The van der Waals surface area contributed by atoms with Gasteiger partial charge >= 0.3 is 5.97 Å². The van der Waals surface area contributed by atoms with Gasteiger partial charge in [-0.2, -0.15) is 0 Å². The van der Waals surface area contributed by atoms with E-state index in [9.17, 15) is 4.79 Å². The number of rotatable bonds is 1. The van der Waals surface area contributed by atoms with E-state index >= 15 is 0 Å². The van der Waals surface area contributed by atoms with Gasteiger partial charge in [-0.1, -0.05) is 12.1 Å². The van der Waals surface area contributed by atoms with E-state index in [0.717, 1.165) is 22.4 Å². The van der Waals surface area contributed by atoms with Crippen molar-refractivity contribution in [2.45, 2.75) is 26.4 Å². The van der Waals surface area contributed by atoms with Gasteiger partial charge in [-0.25, -0.2) is 4.79 Å². The SMILES string of the molecule is Cc1ccc2c(c1C)O[C@@H](C(=O)O)C2. The predicted octanol–water partition coefficient (Wildman–Crippen LogP) is 1.69. The number of benzene rings is 1. The molecular weight excluding hydrogens is 180 g/mol. The summed E-state index contributed by atoms with van der Waals surface area (Å²) < 4.78 is 5.38. The van der Waals surface area contributed by atoms with Crippen molar-refractivity contribution in [2.24, 2.45) is 0 Å². The minimum Gasteiger partial charge on any atom is -0.478 e. The average molecular weight is 192 g/mol. The molecular formula is C11H12O3. The second-order valence-electron chi connectivity index (χ2n) is 3.64. The van der Waals surface area contributed by atoms with Gasteiger partial charge in [0, 0.05) is 6.42 Å². The highest BCUT2D eigenvalue weighted by molar-refractivity contribution is 5.75. The Morgan fingerprint density at radius 1 is 1.50 bits per heavy atom. The normalized spacial score (nSPS) is 18.9. The Morgan fingerprint density at radius 2 is 2.21 bits per heavy atom. The van der Waals surface area contributed by atoms with E-state index in [1.807, 2.05) is 26.0 Å². The predicted molar refractivity (Wildman–Crippen MR) is 51.7 cm³/mol. The first kappa shape index (κ1) is 9.06. The maximum Gasteiger partial charge on any atom is 0.345 e. The summed E-state index contributed by atoms with van der Waals surface area (Å²) in [6, 6.07) is 3.95. The lowest BCUT2D eigenvalue weighted by Gasteiger charge is -2.07. The third-order valence-corrected chi connectivity index (χ3v) is 2.70. The van der Waals surface area contributed by atoms with E-state index in [1.54, 1.807) is 0 Å². The van der Waals surface area contributed by atoms with Crippen molar-refractivity contribution >= 4 is 5.97 Å². The minimum absolute atomic E-state index is 0.478. The maximum absolute atomic E-state index is 10.7. The number of carboxylic acids is 1. The lowest BCUT2D eigenvalue weighted by molar-refractivity contribution is -0.144. The van der Waals surface area contributed by atoms with Gasteiger partial charge in [-0.05, 0) is 30.5 Å². The largest absolute Gasteiger partial charge is 0.478 e. The van der Waals surface area contributed by atoms with E-state index in [4.69, 9.17) is 9.84 Å². The van der Waals surface area contributed by atoms with Crippen molar-refractivity contribution in [3.8, 4) is 5.75 Å². The van der Waals surface area contributed by atoms with E-state index in [1.165, 1.54) is 0 Å². The molecule has 0 spiro atoms. The second-order valence-corrected chi connectivity index (χ2v) is 3.64. The van der Waals surface area contributed by atoms with Crippen LogP contribution < -0.4 is 4.74 Å². The van der Waals surface area contributed by atoms with Gasteiger partial charge in [-0.15, -0.1) is 0 Å². The van der Waals surface area contributed by atoms with Gasteiger partial charge in [0.15, 0.2) is 6.10 Å². The smallest absolute Gasteiger partial charge is 0.345 e. The lowest BCUT2D eigenvalue weighted by atomic mass is 10.0. The molecule has 2 rings (SSSR count). The number of carboxylic acid groups (broad SMARTS) is 1. The molecule has 1 heterocycles. The summed E-state index contributed by atoms with van der Waals surface area (Å²) in [5.41, 5.74) is 3.18. The zero-order valence-electron chi connectivity index (χ0n) is 8.20. The van der Waals surface area contributed by atoms with Gasteiger partial charge in [0.2, 0.25) is 0 Å². The first-order valence-corrected chi connectivity index (χ1v) is 4.58. The molecule has 1 N–H and O–H groups in total. The average Bonchev–Trinajstić information content (AvgIpc) is 2.56. The van der Waals surface area contributed by atoms with Gasteiger partial charge in [-0.3, -0.25) is 0 Å². The van der Waals surface area contributed by atoms with Crippen molar-refractivity contribution in [1.82, 2.24) is 0 Å². The van der Waals surface area contributed by atoms with Gasteiger partial charge < -0.3 is 9.84 Å². The fourth-order valence-electron chi connectivity index (χ4n) is 1.69. The van der Waals surface area contributed by atoms with Crippen LogP contribution in [0, 0.1) is 13.8 Å². The Hall–Kier alpha value is -1.51. The zero-order valence-corrected chi connectivity index (χ0v) is 8.20. The van der Waals surface area contributed by atoms with E-state index < -0.39 is 12.1 Å². The summed E-state index contributed by atoms with van der Waals surface area (Å²) in [7, 11) is 0. The van der Waals surface area contributed by atoms with Crippen molar-refractivity contribution in [1.29, 1.82) is 0 Å². The number of aliphatic carboxylic acids is 1. The van der Waals surface area contributed by atoms with Gasteiger partial charge in [0.25, 0.3) is 0 Å². The summed E-state index contributed by atoms with van der Waals surface area (Å²) in [5.74, 6) is -0.129. The highest BCUT2D eigenvalue weighted by Gasteiger charge is 2.29. The van der Waals surface area contributed by atoms with Gasteiger partial charge in [0.05, 0.1) is 0 Å². The summed E-state index contributed by atoms with van der Waals surface area (Å²) in [6.45, 7) is 3.95. The minimum atomic E-state index is -0.891. The Kier molecular flexibility index (Phi) is 1.95. The number of ether oxygens (including phenoxy) is 1. The fourth-order valence-corrected chi connectivity index (χ4v) is 1.69. The monoisotopic (exact) mass is 192 g/mol. The lowest BCUT2D eigenvalue weighted by Crippen LogP contribution is -2.24. The van der Waals surface area contributed by atoms with E-state index in [2.05, 4.69) is 0 Å². The first-order valence-electron chi connectivity index (χ1n) is 4.58. The molecule has 3 heteroatoms. The van der Waals surface area contributed by atoms with Crippen LogP contribution in [0.15, 0.2) is 12.1 Å². The number of carbonyl (C=O) groups is 1. The number of fused-ring (bicyclic) bond motifs is 1. The molecule has 1 aliphatic heterocycles. The second kappa shape index (κ2) is 3.01. The summed E-state index contributed by atoms with van der Waals surface area (Å²) in [5, 5.41) is 8.82. The van der Waals surface area contributed by atoms with Crippen LogP contribution in [-0.4, -0.2) is 17.2 Å². The molecule has 74 valence electrons. The van der Waals surface area contributed by atoms with Crippen molar-refractivity contribution < 1.29 is 14.6 Å². The number of hydrogen-bond acceptors (Lipinski definition) is 2. The molecule has 1 atom stereocenters. The molecule has 0 bridgehead atoms. The third-order valence-electron chi connectivity index (χ3n) is 2.70. The molecule has 0 unspecified atom stereocenters. The molecule has 1 aliphatic rings. The Labute approximate surface area is 82.3 Å². The van der Waals surface area contributed by atoms with Crippen LogP contribution in [0.25, 0.3) is 0 Å². The van der Waals surface area contributed by atoms with Crippen LogP contribution in [0.4, 0.5) is 0 Å². The van der Waals surface area contributed by atoms with Crippen LogP contribution in [0.5, 0.6) is 5.75 Å². The van der Waals surface area contributed by atoms with Crippen molar-refractivity contribution in [3.63, 3.8) is 0 Å². The summed E-state index contributed by atoms with van der Waals surface area (Å²) in [6.07, 6.45) is -0.225. The van der Waals surface area contributed by atoms with Crippen LogP contribution >= 0.6 is 0 Å². The molecule has 0 amide bonds. The first-order chi connectivity index (χ1) is 6.59. The molecule has 3 nitrogen and oxygen atoms in total. The van der Waals surface area contributed by atoms with Crippen molar-refractivity contribution in [3.05, 3.63) is 28.8 Å². The third kappa shape index (κ3) is 1.25. The van der Waals surface area contributed by atoms with Crippen LogP contribution in [0.2, 0.25) is 0 Å². The highest BCUT2D eigenvalue weighted by atomic mass is 16.5. The zero-order chi connectivity index (χ0) is 10.3. The molecule has 14 heavy (non-hydrogen) atoms. The molecule has 0 saturated carbocycles. The summed E-state index contributed by atoms with van der Waals surface area (Å²) >= 11 is 0. The van der Waals surface area contributed by atoms with Crippen LogP contribution in [0.3, 0.4) is 0 Å².